The first kappa shape index (κ1) is 18.9. The van der Waals surface area contributed by atoms with Gasteiger partial charge in [0.25, 0.3) is 0 Å². The number of rotatable bonds is 6. The number of nitriles is 2. The van der Waals surface area contributed by atoms with Gasteiger partial charge >= 0.3 is 0 Å². The minimum atomic E-state index is -0.938. The van der Waals surface area contributed by atoms with E-state index < -0.39 is 11.9 Å². The molecular weight excluding hydrogens is 362 g/mol. The van der Waals surface area contributed by atoms with Crippen LogP contribution in [0.5, 0.6) is 0 Å². The van der Waals surface area contributed by atoms with Crippen molar-refractivity contribution in [3.63, 3.8) is 0 Å². The maximum atomic E-state index is 13.8. The predicted molar refractivity (Wildman–Crippen MR) is 95.9 cm³/mol. The molecule has 1 atom stereocenters. The van der Waals surface area contributed by atoms with Gasteiger partial charge in [-0.3, -0.25) is 10.3 Å². The van der Waals surface area contributed by atoms with E-state index >= 15 is 0 Å². The van der Waals surface area contributed by atoms with Crippen LogP contribution in [0, 0.1) is 28.5 Å². The highest BCUT2D eigenvalue weighted by Gasteiger charge is 2.16. The molecule has 0 fully saturated rings. The number of hydrogen-bond acceptors (Lipinski definition) is 4. The van der Waals surface area contributed by atoms with Crippen molar-refractivity contribution in [1.29, 1.82) is 10.5 Å². The van der Waals surface area contributed by atoms with E-state index in [0.29, 0.717) is 11.6 Å². The maximum absolute atomic E-state index is 13.8. The Bertz CT molecular complexity index is 848. The Labute approximate surface area is 155 Å². The lowest BCUT2D eigenvalue weighted by Gasteiger charge is -2.11. The van der Waals surface area contributed by atoms with Gasteiger partial charge in [0.1, 0.15) is 23.6 Å². The molecule has 126 valence electrons. The molecule has 2 aromatic carbocycles. The van der Waals surface area contributed by atoms with Crippen LogP contribution in [0.2, 0.25) is 10.0 Å². The fourth-order valence-electron chi connectivity index (χ4n) is 2.10. The van der Waals surface area contributed by atoms with Gasteiger partial charge in [-0.2, -0.15) is 10.5 Å². The predicted octanol–water partition coefficient (Wildman–Crippen LogP) is 4.28. The van der Waals surface area contributed by atoms with Crippen molar-refractivity contribution in [1.82, 2.24) is 5.32 Å². The molecule has 0 heterocycles. The molecule has 25 heavy (non-hydrogen) atoms. The van der Waals surface area contributed by atoms with Crippen LogP contribution in [-0.2, 0) is 13.1 Å². The standard InChI is InChI=1S/C18H13Cl2FN4/c19-14-5-2-1-4-12(14)10-24-17(8-22)18(9-23)25-11-13-15(20)6-3-7-16(13)21/h1-7,17,24H,10-11H2/t17-/m0/s1. The highest BCUT2D eigenvalue weighted by atomic mass is 35.5. The Morgan fingerprint density at radius 3 is 2.48 bits per heavy atom. The van der Waals surface area contributed by atoms with E-state index in [2.05, 4.69) is 10.3 Å². The zero-order valence-corrected chi connectivity index (χ0v) is 14.5. The van der Waals surface area contributed by atoms with Crippen LogP contribution in [0.4, 0.5) is 4.39 Å². The van der Waals surface area contributed by atoms with E-state index in [0.717, 1.165) is 5.56 Å². The lowest BCUT2D eigenvalue weighted by atomic mass is 10.1. The summed E-state index contributed by atoms with van der Waals surface area (Å²) in [4.78, 5) is 4.05. The third-order valence-corrected chi connectivity index (χ3v) is 4.16. The maximum Gasteiger partial charge on any atom is 0.148 e. The third kappa shape index (κ3) is 5.01. The van der Waals surface area contributed by atoms with Crippen LogP contribution < -0.4 is 5.32 Å². The zero-order valence-electron chi connectivity index (χ0n) is 13.0. The summed E-state index contributed by atoms with van der Waals surface area (Å²) < 4.78 is 13.8. The molecule has 0 unspecified atom stereocenters. The van der Waals surface area contributed by atoms with E-state index in [9.17, 15) is 14.9 Å². The second kappa shape index (κ2) is 9.15. The molecule has 0 aliphatic carbocycles. The minimum absolute atomic E-state index is 0.0473. The van der Waals surface area contributed by atoms with Crippen LogP contribution in [-0.4, -0.2) is 11.8 Å². The average Bonchev–Trinajstić information content (AvgIpc) is 2.61. The number of nitrogens with zero attached hydrogens (tertiary/aromatic N) is 3. The average molecular weight is 375 g/mol. The Hall–Kier alpha value is -2.44. The first-order valence-electron chi connectivity index (χ1n) is 7.30. The zero-order chi connectivity index (χ0) is 18.2. The summed E-state index contributed by atoms with van der Waals surface area (Å²) in [5.41, 5.74) is 0.924. The summed E-state index contributed by atoms with van der Waals surface area (Å²) in [6, 6.07) is 14.4. The second-order valence-corrected chi connectivity index (χ2v) is 5.86. The summed E-state index contributed by atoms with van der Waals surface area (Å²) in [5, 5.41) is 22.3. The van der Waals surface area contributed by atoms with Gasteiger partial charge < -0.3 is 0 Å². The summed E-state index contributed by atoms with van der Waals surface area (Å²) in [6.07, 6.45) is 0. The molecule has 0 radical (unpaired) electrons. The highest BCUT2D eigenvalue weighted by molar-refractivity contribution is 6.31. The third-order valence-electron chi connectivity index (χ3n) is 3.44. The van der Waals surface area contributed by atoms with Crippen molar-refractivity contribution in [3.05, 3.63) is 69.5 Å². The quantitative estimate of drug-likeness (QED) is 0.766. The molecule has 0 saturated carbocycles. The molecule has 2 rings (SSSR count). The van der Waals surface area contributed by atoms with Crippen LogP contribution in [0.15, 0.2) is 47.5 Å². The van der Waals surface area contributed by atoms with Gasteiger partial charge in [0.2, 0.25) is 0 Å². The van der Waals surface area contributed by atoms with Crippen molar-refractivity contribution < 1.29 is 4.39 Å². The molecule has 7 heteroatoms. The Morgan fingerprint density at radius 2 is 1.84 bits per heavy atom. The minimum Gasteiger partial charge on any atom is -0.292 e. The van der Waals surface area contributed by atoms with Crippen LogP contribution in [0.25, 0.3) is 0 Å². The molecule has 0 amide bonds. The van der Waals surface area contributed by atoms with Crippen molar-refractivity contribution in [2.24, 2.45) is 4.99 Å². The number of aliphatic imine (C=N–C) groups is 1. The fourth-order valence-corrected chi connectivity index (χ4v) is 2.52. The smallest absolute Gasteiger partial charge is 0.148 e. The first-order chi connectivity index (χ1) is 12.1. The molecule has 0 aliphatic rings. The Kier molecular flexibility index (Phi) is 6.91. The monoisotopic (exact) mass is 374 g/mol. The Morgan fingerprint density at radius 1 is 1.12 bits per heavy atom. The number of nitrogens with one attached hydrogen (secondary N) is 1. The van der Waals surface area contributed by atoms with Gasteiger partial charge in [-0.1, -0.05) is 47.5 Å². The lowest BCUT2D eigenvalue weighted by molar-refractivity contribution is 0.610. The summed E-state index contributed by atoms with van der Waals surface area (Å²) in [6.45, 7) is 0.166. The molecule has 0 aromatic heterocycles. The summed E-state index contributed by atoms with van der Waals surface area (Å²) in [7, 11) is 0. The molecule has 0 spiro atoms. The van der Waals surface area contributed by atoms with Crippen LogP contribution in [0.1, 0.15) is 11.1 Å². The number of benzene rings is 2. The molecule has 0 saturated heterocycles. The molecular formula is C18H13Cl2FN4. The summed E-state index contributed by atoms with van der Waals surface area (Å²) >= 11 is 12.0. The van der Waals surface area contributed by atoms with E-state index in [1.54, 1.807) is 18.2 Å². The SMILES string of the molecule is N#CC(=NCc1c(F)cccc1Cl)[C@H](C#N)NCc1ccccc1Cl. The first-order valence-corrected chi connectivity index (χ1v) is 8.06. The van der Waals surface area contributed by atoms with Crippen LogP contribution >= 0.6 is 23.2 Å². The molecule has 1 N–H and O–H groups in total. The van der Waals surface area contributed by atoms with E-state index in [1.165, 1.54) is 12.1 Å². The van der Waals surface area contributed by atoms with Crippen molar-refractivity contribution in [2.75, 3.05) is 0 Å². The van der Waals surface area contributed by atoms with Crippen molar-refractivity contribution in [3.8, 4) is 12.1 Å². The topological polar surface area (TPSA) is 72.0 Å². The summed E-state index contributed by atoms with van der Waals surface area (Å²) in [5.74, 6) is -0.508. The van der Waals surface area contributed by atoms with E-state index in [1.807, 2.05) is 24.3 Å². The van der Waals surface area contributed by atoms with E-state index in [4.69, 9.17) is 23.2 Å². The fraction of sp³-hybridized carbons (Fsp3) is 0.167. The highest BCUT2D eigenvalue weighted by Crippen LogP contribution is 2.20. The van der Waals surface area contributed by atoms with Crippen molar-refractivity contribution in [2.45, 2.75) is 19.1 Å². The van der Waals surface area contributed by atoms with Crippen molar-refractivity contribution >= 4 is 28.9 Å². The molecule has 4 nitrogen and oxygen atoms in total. The van der Waals surface area contributed by atoms with Gasteiger partial charge in [-0.05, 0) is 23.8 Å². The largest absolute Gasteiger partial charge is 0.292 e. The molecule has 0 bridgehead atoms. The number of hydrogen-bond donors (Lipinski definition) is 1. The molecule has 0 aliphatic heterocycles. The lowest BCUT2D eigenvalue weighted by Crippen LogP contribution is -2.34. The van der Waals surface area contributed by atoms with Gasteiger partial charge in [-0.15, -0.1) is 0 Å². The van der Waals surface area contributed by atoms with Gasteiger partial charge in [0.05, 0.1) is 12.6 Å². The van der Waals surface area contributed by atoms with Gasteiger partial charge in [0, 0.05) is 22.2 Å². The van der Waals surface area contributed by atoms with E-state index in [-0.39, 0.29) is 22.8 Å². The van der Waals surface area contributed by atoms with Gasteiger partial charge in [-0.25, -0.2) is 4.39 Å². The normalized spacial score (nSPS) is 12.3. The second-order valence-electron chi connectivity index (χ2n) is 5.05. The Balaban J connectivity index is 2.13. The van der Waals surface area contributed by atoms with Crippen LogP contribution in [0.3, 0.4) is 0 Å². The molecule has 2 aromatic rings. The van der Waals surface area contributed by atoms with Gasteiger partial charge in [0.15, 0.2) is 0 Å². The number of halogens is 3.